The first-order valence-electron chi connectivity index (χ1n) is 5.65. The number of ether oxygens (including phenoxy) is 1. The van der Waals surface area contributed by atoms with E-state index in [9.17, 15) is 18.0 Å². The molecule has 1 heterocycles. The monoisotopic (exact) mass is 293 g/mol. The van der Waals surface area contributed by atoms with E-state index in [-0.39, 0.29) is 5.56 Å². The lowest BCUT2D eigenvalue weighted by molar-refractivity contribution is -0.135. The van der Waals surface area contributed by atoms with Crippen molar-refractivity contribution in [3.05, 3.63) is 35.1 Å². The second-order valence-corrected chi connectivity index (χ2v) is 4.52. The summed E-state index contributed by atoms with van der Waals surface area (Å²) < 4.78 is 44.5. The maximum absolute atomic E-state index is 13.5. The summed E-state index contributed by atoms with van der Waals surface area (Å²) in [6.45, 7) is 1.42. The van der Waals surface area contributed by atoms with Crippen LogP contribution in [0.25, 0.3) is 0 Å². The molecule has 0 radical (unpaired) electrons. The molecule has 0 spiro atoms. The number of hydrogen-bond donors (Lipinski definition) is 0. The predicted octanol–water partition coefficient (Wildman–Crippen LogP) is 2.24. The minimum absolute atomic E-state index is 0.341. The van der Waals surface area contributed by atoms with Gasteiger partial charge in [0.05, 0.1) is 13.2 Å². The van der Waals surface area contributed by atoms with Crippen LogP contribution < -0.4 is 0 Å². The summed E-state index contributed by atoms with van der Waals surface area (Å²) in [5.74, 6) is -4.14. The molecule has 0 bridgehead atoms. The number of alkyl halides is 1. The molecule has 7 heteroatoms. The van der Waals surface area contributed by atoms with Gasteiger partial charge in [-0.25, -0.2) is 13.2 Å². The average molecular weight is 294 g/mol. The Morgan fingerprint density at radius 3 is 2.37 bits per heavy atom. The number of carbonyl (C=O) groups excluding carboxylic acids is 1. The Morgan fingerprint density at radius 1 is 1.16 bits per heavy atom. The molecule has 1 fully saturated rings. The fourth-order valence-corrected chi connectivity index (χ4v) is 2.11. The maximum Gasteiger partial charge on any atom is 0.245 e. The molecule has 1 aliphatic heterocycles. The summed E-state index contributed by atoms with van der Waals surface area (Å²) in [7, 11) is 0. The summed E-state index contributed by atoms with van der Waals surface area (Å²) in [4.78, 5) is 13.4. The number of amides is 1. The molecule has 1 aromatic rings. The zero-order chi connectivity index (χ0) is 14.0. The first-order valence-corrected chi connectivity index (χ1v) is 6.09. The summed E-state index contributed by atoms with van der Waals surface area (Å²) in [5.41, 5.74) is -0.364. The Labute approximate surface area is 112 Å². The molecule has 1 atom stereocenters. The lowest BCUT2D eigenvalue weighted by Gasteiger charge is -2.28. The zero-order valence-corrected chi connectivity index (χ0v) is 10.6. The van der Waals surface area contributed by atoms with Crippen LogP contribution in [-0.2, 0) is 9.53 Å². The highest BCUT2D eigenvalue weighted by atomic mass is 35.5. The van der Waals surface area contributed by atoms with Crippen LogP contribution in [0.3, 0.4) is 0 Å². The van der Waals surface area contributed by atoms with Crippen molar-refractivity contribution in [2.24, 2.45) is 0 Å². The van der Waals surface area contributed by atoms with Gasteiger partial charge in [-0.3, -0.25) is 4.79 Å². The Kier molecular flexibility index (Phi) is 4.31. The van der Waals surface area contributed by atoms with E-state index in [1.165, 1.54) is 4.90 Å². The van der Waals surface area contributed by atoms with Gasteiger partial charge >= 0.3 is 0 Å². The van der Waals surface area contributed by atoms with Crippen LogP contribution >= 0.6 is 11.6 Å². The number of carbonyl (C=O) groups is 1. The van der Waals surface area contributed by atoms with Gasteiger partial charge in [0.2, 0.25) is 5.91 Å². The molecule has 19 heavy (non-hydrogen) atoms. The Hall–Kier alpha value is -1.27. The molecule has 0 aliphatic carbocycles. The maximum atomic E-state index is 13.5. The van der Waals surface area contributed by atoms with Crippen LogP contribution in [0.1, 0.15) is 10.9 Å². The van der Waals surface area contributed by atoms with Gasteiger partial charge in [0.25, 0.3) is 0 Å². The minimum Gasteiger partial charge on any atom is -0.378 e. The van der Waals surface area contributed by atoms with Gasteiger partial charge in [-0.05, 0) is 6.07 Å². The summed E-state index contributed by atoms with van der Waals surface area (Å²) in [5, 5.41) is -1.38. The number of rotatable bonds is 2. The van der Waals surface area contributed by atoms with Gasteiger partial charge in [-0.15, -0.1) is 11.6 Å². The van der Waals surface area contributed by atoms with E-state index in [1.807, 2.05) is 0 Å². The van der Waals surface area contributed by atoms with Crippen molar-refractivity contribution in [1.29, 1.82) is 0 Å². The fourth-order valence-electron chi connectivity index (χ4n) is 1.81. The van der Waals surface area contributed by atoms with Crippen LogP contribution in [0.15, 0.2) is 12.1 Å². The molecular formula is C12H11ClF3NO2. The lowest BCUT2D eigenvalue weighted by atomic mass is 10.1. The number of benzene rings is 1. The van der Waals surface area contributed by atoms with Gasteiger partial charge in [-0.1, -0.05) is 0 Å². The second-order valence-electron chi connectivity index (χ2n) is 4.09. The average Bonchev–Trinajstić information content (AvgIpc) is 2.42. The van der Waals surface area contributed by atoms with Crippen LogP contribution in [0.5, 0.6) is 0 Å². The molecule has 1 aliphatic rings. The number of hydrogen-bond acceptors (Lipinski definition) is 2. The molecule has 1 aromatic carbocycles. The molecule has 2 rings (SSSR count). The number of halogens is 4. The van der Waals surface area contributed by atoms with Crippen LogP contribution in [-0.4, -0.2) is 37.1 Å². The van der Waals surface area contributed by atoms with E-state index in [0.29, 0.717) is 38.4 Å². The Bertz CT molecular complexity index is 492. The van der Waals surface area contributed by atoms with Crippen molar-refractivity contribution in [2.75, 3.05) is 26.3 Å². The van der Waals surface area contributed by atoms with Crippen molar-refractivity contribution >= 4 is 17.5 Å². The minimum atomic E-state index is -1.38. The smallest absolute Gasteiger partial charge is 0.245 e. The normalized spacial score (nSPS) is 17.4. The topological polar surface area (TPSA) is 29.5 Å². The van der Waals surface area contributed by atoms with E-state index in [4.69, 9.17) is 16.3 Å². The van der Waals surface area contributed by atoms with E-state index in [1.54, 1.807) is 0 Å². The summed E-state index contributed by atoms with van der Waals surface area (Å²) in [6, 6.07) is 0.993. The van der Waals surface area contributed by atoms with Crippen molar-refractivity contribution < 1.29 is 22.7 Å². The van der Waals surface area contributed by atoms with Gasteiger partial charge < -0.3 is 9.64 Å². The van der Waals surface area contributed by atoms with Crippen molar-refractivity contribution in [2.45, 2.75) is 5.38 Å². The van der Waals surface area contributed by atoms with Gasteiger partial charge in [0, 0.05) is 24.7 Å². The van der Waals surface area contributed by atoms with Gasteiger partial charge in [-0.2, -0.15) is 0 Å². The summed E-state index contributed by atoms with van der Waals surface area (Å²) >= 11 is 5.86. The van der Waals surface area contributed by atoms with Crippen molar-refractivity contribution in [1.82, 2.24) is 4.90 Å². The second kappa shape index (κ2) is 5.79. The molecule has 0 aromatic heterocycles. The highest BCUT2D eigenvalue weighted by Crippen LogP contribution is 2.27. The molecule has 0 saturated carbocycles. The fraction of sp³-hybridized carbons (Fsp3) is 0.417. The quantitative estimate of drug-likeness (QED) is 0.618. The van der Waals surface area contributed by atoms with E-state index in [2.05, 4.69) is 0 Å². The largest absolute Gasteiger partial charge is 0.378 e. The SMILES string of the molecule is O=C(C(Cl)c1cc(F)c(F)cc1F)N1CCOCC1. The zero-order valence-electron chi connectivity index (χ0n) is 9.84. The van der Waals surface area contributed by atoms with Crippen LogP contribution in [0.4, 0.5) is 13.2 Å². The van der Waals surface area contributed by atoms with E-state index < -0.39 is 28.7 Å². The first-order chi connectivity index (χ1) is 9.00. The number of nitrogens with zero attached hydrogens (tertiary/aromatic N) is 1. The standard InChI is InChI=1S/C12H11ClF3NO2/c13-11(12(18)17-1-3-19-4-2-17)7-5-9(15)10(16)6-8(7)14/h5-6,11H,1-4H2. The van der Waals surface area contributed by atoms with E-state index >= 15 is 0 Å². The Morgan fingerprint density at radius 2 is 1.74 bits per heavy atom. The van der Waals surface area contributed by atoms with Crippen molar-refractivity contribution in [3.63, 3.8) is 0 Å². The van der Waals surface area contributed by atoms with E-state index in [0.717, 1.165) is 0 Å². The molecule has 104 valence electrons. The predicted molar refractivity (Wildman–Crippen MR) is 62.3 cm³/mol. The van der Waals surface area contributed by atoms with Crippen molar-refractivity contribution in [3.8, 4) is 0 Å². The third-order valence-electron chi connectivity index (χ3n) is 2.85. The molecule has 1 amide bonds. The molecular weight excluding hydrogens is 283 g/mol. The third-order valence-corrected chi connectivity index (χ3v) is 3.27. The first kappa shape index (κ1) is 14.1. The molecule has 0 N–H and O–H groups in total. The molecule has 1 unspecified atom stereocenters. The molecule has 1 saturated heterocycles. The van der Waals surface area contributed by atoms with Crippen LogP contribution in [0, 0.1) is 17.5 Å². The highest BCUT2D eigenvalue weighted by Gasteiger charge is 2.28. The summed E-state index contributed by atoms with van der Waals surface area (Å²) in [6.07, 6.45) is 0. The highest BCUT2D eigenvalue weighted by molar-refractivity contribution is 6.30. The lowest BCUT2D eigenvalue weighted by Crippen LogP contribution is -2.42. The Balaban J connectivity index is 2.21. The van der Waals surface area contributed by atoms with Gasteiger partial charge in [0.15, 0.2) is 11.6 Å². The van der Waals surface area contributed by atoms with Gasteiger partial charge in [0.1, 0.15) is 11.2 Å². The van der Waals surface area contributed by atoms with Crippen LogP contribution in [0.2, 0.25) is 0 Å². The third kappa shape index (κ3) is 3.01. The number of morpholine rings is 1. The molecule has 3 nitrogen and oxygen atoms in total.